The standard InChI is InChI=1S/C21H34O2S/c1-3-4-5-6-7-8-9-10-11-15-18-24-19(2)21(22)23-20-16-13-12-14-17-20/h12-14,16-17,19H,3-11,15,18H2,1-2H3. The lowest BCUT2D eigenvalue weighted by Crippen LogP contribution is -2.20. The van der Waals surface area contributed by atoms with Gasteiger partial charge in [0.1, 0.15) is 11.0 Å². The van der Waals surface area contributed by atoms with E-state index in [1.807, 2.05) is 37.3 Å². The lowest BCUT2D eigenvalue weighted by atomic mass is 10.1. The Morgan fingerprint density at radius 1 is 0.917 bits per heavy atom. The maximum atomic E-state index is 12.0. The van der Waals surface area contributed by atoms with Crippen LogP contribution in [0.5, 0.6) is 5.75 Å². The predicted molar refractivity (Wildman–Crippen MR) is 106 cm³/mol. The maximum absolute atomic E-state index is 12.0. The number of hydrogen-bond acceptors (Lipinski definition) is 3. The Morgan fingerprint density at radius 2 is 1.46 bits per heavy atom. The van der Waals surface area contributed by atoms with Gasteiger partial charge >= 0.3 is 5.97 Å². The number of esters is 1. The van der Waals surface area contributed by atoms with Crippen molar-refractivity contribution in [2.45, 2.75) is 83.3 Å². The molecule has 1 atom stereocenters. The molecular weight excluding hydrogens is 316 g/mol. The van der Waals surface area contributed by atoms with Gasteiger partial charge in [0.05, 0.1) is 0 Å². The Hall–Kier alpha value is -0.960. The third-order valence-electron chi connectivity index (χ3n) is 4.16. The minimum absolute atomic E-state index is 0.0937. The van der Waals surface area contributed by atoms with E-state index in [-0.39, 0.29) is 11.2 Å². The van der Waals surface area contributed by atoms with E-state index in [0.717, 1.165) is 5.75 Å². The number of unbranched alkanes of at least 4 members (excludes halogenated alkanes) is 9. The van der Waals surface area contributed by atoms with Crippen LogP contribution in [0.4, 0.5) is 0 Å². The summed E-state index contributed by atoms with van der Waals surface area (Å²) >= 11 is 1.71. The summed E-state index contributed by atoms with van der Waals surface area (Å²) in [6.45, 7) is 4.20. The summed E-state index contributed by atoms with van der Waals surface area (Å²) in [7, 11) is 0. The van der Waals surface area contributed by atoms with Crippen LogP contribution in [-0.4, -0.2) is 17.0 Å². The van der Waals surface area contributed by atoms with E-state index in [1.54, 1.807) is 11.8 Å². The molecular formula is C21H34O2S. The van der Waals surface area contributed by atoms with Gasteiger partial charge in [-0.15, -0.1) is 11.8 Å². The molecule has 0 amide bonds. The molecule has 136 valence electrons. The van der Waals surface area contributed by atoms with Crippen LogP contribution in [0.25, 0.3) is 0 Å². The minimum atomic E-state index is -0.140. The molecule has 0 fully saturated rings. The molecule has 0 aliphatic rings. The number of ether oxygens (including phenoxy) is 1. The molecule has 0 saturated heterocycles. The zero-order chi connectivity index (χ0) is 17.5. The van der Waals surface area contributed by atoms with Gasteiger partial charge in [-0.25, -0.2) is 0 Å². The molecule has 0 radical (unpaired) electrons. The molecule has 0 aliphatic heterocycles. The van der Waals surface area contributed by atoms with Gasteiger partial charge in [0, 0.05) is 0 Å². The first-order valence-corrected chi connectivity index (χ1v) is 10.7. The Morgan fingerprint density at radius 3 is 2.04 bits per heavy atom. The van der Waals surface area contributed by atoms with Gasteiger partial charge in [-0.2, -0.15) is 0 Å². The Bertz CT molecular complexity index is 419. The van der Waals surface area contributed by atoms with Crippen molar-refractivity contribution in [2.24, 2.45) is 0 Å². The summed E-state index contributed by atoms with van der Waals surface area (Å²) in [4.78, 5) is 12.0. The number of benzene rings is 1. The van der Waals surface area contributed by atoms with E-state index in [4.69, 9.17) is 4.74 Å². The molecule has 0 spiro atoms. The Labute approximate surface area is 152 Å². The average molecular weight is 351 g/mol. The van der Waals surface area contributed by atoms with E-state index in [0.29, 0.717) is 5.75 Å². The zero-order valence-corrected chi connectivity index (χ0v) is 16.3. The fourth-order valence-corrected chi connectivity index (χ4v) is 3.51. The molecule has 0 aromatic heterocycles. The number of thioether (sulfide) groups is 1. The zero-order valence-electron chi connectivity index (χ0n) is 15.5. The summed E-state index contributed by atoms with van der Waals surface area (Å²) in [5.74, 6) is 1.54. The molecule has 3 heteroatoms. The molecule has 0 N–H and O–H groups in total. The molecule has 0 saturated carbocycles. The van der Waals surface area contributed by atoms with Gasteiger partial charge in [-0.3, -0.25) is 4.79 Å². The van der Waals surface area contributed by atoms with Crippen LogP contribution in [0.2, 0.25) is 0 Å². The van der Waals surface area contributed by atoms with Crippen LogP contribution in [0.15, 0.2) is 30.3 Å². The first-order valence-electron chi connectivity index (χ1n) is 9.62. The van der Waals surface area contributed by atoms with Crippen LogP contribution in [-0.2, 0) is 4.79 Å². The van der Waals surface area contributed by atoms with E-state index >= 15 is 0 Å². The SMILES string of the molecule is CCCCCCCCCCCCSC(C)C(=O)Oc1ccccc1. The maximum Gasteiger partial charge on any atom is 0.324 e. The van der Waals surface area contributed by atoms with Crippen molar-refractivity contribution in [3.63, 3.8) is 0 Å². The summed E-state index contributed by atoms with van der Waals surface area (Å²) < 4.78 is 5.37. The Balaban J connectivity index is 1.94. The van der Waals surface area contributed by atoms with Gasteiger partial charge in [-0.05, 0) is 31.2 Å². The quantitative estimate of drug-likeness (QED) is 0.214. The first kappa shape index (κ1) is 21.1. The molecule has 1 rings (SSSR count). The number of hydrogen-bond donors (Lipinski definition) is 0. The van der Waals surface area contributed by atoms with Gasteiger partial charge in [0.25, 0.3) is 0 Å². The molecule has 1 unspecified atom stereocenters. The van der Waals surface area contributed by atoms with E-state index in [2.05, 4.69) is 6.92 Å². The smallest absolute Gasteiger partial charge is 0.324 e. The highest BCUT2D eigenvalue weighted by molar-refractivity contribution is 8.00. The van der Waals surface area contributed by atoms with Crippen LogP contribution >= 0.6 is 11.8 Å². The number of rotatable bonds is 14. The molecule has 0 aliphatic carbocycles. The van der Waals surface area contributed by atoms with Crippen LogP contribution in [0.3, 0.4) is 0 Å². The van der Waals surface area contributed by atoms with Crippen molar-refractivity contribution in [3.05, 3.63) is 30.3 Å². The molecule has 1 aromatic rings. The summed E-state index contributed by atoms with van der Waals surface area (Å²) in [5.41, 5.74) is 0. The van der Waals surface area contributed by atoms with Crippen LogP contribution in [0, 0.1) is 0 Å². The van der Waals surface area contributed by atoms with Crippen molar-refractivity contribution in [2.75, 3.05) is 5.75 Å². The summed E-state index contributed by atoms with van der Waals surface area (Å²) in [6.07, 6.45) is 13.5. The Kier molecular flexibility index (Phi) is 12.6. The van der Waals surface area contributed by atoms with E-state index in [9.17, 15) is 4.79 Å². The van der Waals surface area contributed by atoms with Crippen LogP contribution in [0.1, 0.15) is 78.1 Å². The first-order chi connectivity index (χ1) is 11.7. The molecule has 2 nitrogen and oxygen atoms in total. The van der Waals surface area contributed by atoms with Crippen molar-refractivity contribution >= 4 is 17.7 Å². The second-order valence-electron chi connectivity index (χ2n) is 6.43. The summed E-state index contributed by atoms with van der Waals surface area (Å²) in [5, 5.41) is -0.0937. The fraction of sp³-hybridized carbons (Fsp3) is 0.667. The molecule has 24 heavy (non-hydrogen) atoms. The topological polar surface area (TPSA) is 26.3 Å². The molecule has 0 bridgehead atoms. The van der Waals surface area contributed by atoms with Gasteiger partial charge in [-0.1, -0.05) is 82.9 Å². The lowest BCUT2D eigenvalue weighted by molar-refractivity contribution is -0.133. The van der Waals surface area contributed by atoms with Gasteiger partial charge in [0.2, 0.25) is 0 Å². The third kappa shape index (κ3) is 10.7. The highest BCUT2D eigenvalue weighted by Crippen LogP contribution is 2.18. The van der Waals surface area contributed by atoms with Crippen LogP contribution < -0.4 is 4.74 Å². The number of carbonyl (C=O) groups is 1. The molecule has 1 aromatic carbocycles. The number of carbonyl (C=O) groups excluding carboxylic acids is 1. The second kappa shape index (κ2) is 14.4. The van der Waals surface area contributed by atoms with E-state index in [1.165, 1.54) is 64.2 Å². The highest BCUT2D eigenvalue weighted by atomic mass is 32.2. The minimum Gasteiger partial charge on any atom is -0.426 e. The van der Waals surface area contributed by atoms with Gasteiger partial charge < -0.3 is 4.74 Å². The highest BCUT2D eigenvalue weighted by Gasteiger charge is 2.15. The van der Waals surface area contributed by atoms with Crippen molar-refractivity contribution in [1.82, 2.24) is 0 Å². The summed E-state index contributed by atoms with van der Waals surface area (Å²) in [6, 6.07) is 9.31. The normalized spacial score (nSPS) is 12.1. The van der Waals surface area contributed by atoms with Crippen molar-refractivity contribution in [1.29, 1.82) is 0 Å². The molecule has 0 heterocycles. The lowest BCUT2D eigenvalue weighted by Gasteiger charge is -2.10. The predicted octanol–water partition coefficient (Wildman–Crippen LogP) is 6.63. The number of para-hydroxylation sites is 1. The van der Waals surface area contributed by atoms with Gasteiger partial charge in [0.15, 0.2) is 0 Å². The fourth-order valence-electron chi connectivity index (χ4n) is 2.61. The third-order valence-corrected chi connectivity index (χ3v) is 5.38. The monoisotopic (exact) mass is 350 g/mol. The van der Waals surface area contributed by atoms with Crippen molar-refractivity contribution < 1.29 is 9.53 Å². The average Bonchev–Trinajstić information content (AvgIpc) is 2.60. The van der Waals surface area contributed by atoms with E-state index < -0.39 is 0 Å². The van der Waals surface area contributed by atoms with Crippen molar-refractivity contribution in [3.8, 4) is 5.75 Å². The largest absolute Gasteiger partial charge is 0.426 e. The second-order valence-corrected chi connectivity index (χ2v) is 7.88.